The van der Waals surface area contributed by atoms with Crippen molar-refractivity contribution in [2.45, 2.75) is 0 Å². The summed E-state index contributed by atoms with van der Waals surface area (Å²) >= 11 is 3.30. The van der Waals surface area contributed by atoms with Crippen LogP contribution < -0.4 is 9.47 Å². The highest BCUT2D eigenvalue weighted by atomic mass is 79.9. The number of ether oxygens (including phenoxy) is 4. The maximum atomic E-state index is 5.67. The molecule has 5 heteroatoms. The average molecular weight is 395 g/mol. The summed E-state index contributed by atoms with van der Waals surface area (Å²) in [5, 5.41) is 0.850. The lowest BCUT2D eigenvalue weighted by Crippen LogP contribution is -2.11. The Labute approximate surface area is 151 Å². The summed E-state index contributed by atoms with van der Waals surface area (Å²) in [4.78, 5) is 0. The van der Waals surface area contributed by atoms with E-state index in [-0.39, 0.29) is 0 Å². The summed E-state index contributed by atoms with van der Waals surface area (Å²) in [6, 6.07) is 16.0. The van der Waals surface area contributed by atoms with Crippen molar-refractivity contribution in [1.29, 1.82) is 0 Å². The molecule has 0 aromatic heterocycles. The molecule has 0 aliphatic carbocycles. The van der Waals surface area contributed by atoms with Crippen molar-refractivity contribution in [3.63, 3.8) is 0 Å². The maximum Gasteiger partial charge on any atom is 0.119 e. The average Bonchev–Trinajstić information content (AvgIpc) is 2.64. The Morgan fingerprint density at radius 3 is 1.71 bits per heavy atom. The highest BCUT2D eigenvalue weighted by Gasteiger charge is 2.00. The highest BCUT2D eigenvalue weighted by molar-refractivity contribution is 9.09. The molecule has 2 rings (SSSR count). The third kappa shape index (κ3) is 6.51. The number of hydrogen-bond acceptors (Lipinski definition) is 4. The number of benzene rings is 2. The van der Waals surface area contributed by atoms with Crippen LogP contribution in [0.5, 0.6) is 11.5 Å². The minimum Gasteiger partial charge on any atom is -0.497 e. The van der Waals surface area contributed by atoms with E-state index >= 15 is 0 Å². The number of rotatable bonds is 11. The van der Waals surface area contributed by atoms with E-state index in [0.717, 1.165) is 28.0 Å². The van der Waals surface area contributed by atoms with Crippen LogP contribution >= 0.6 is 15.9 Å². The van der Waals surface area contributed by atoms with Gasteiger partial charge in [0.05, 0.1) is 33.5 Å². The fraction of sp³-hybridized carbons (Fsp3) is 0.368. The first kappa shape index (κ1) is 18.8. The summed E-state index contributed by atoms with van der Waals surface area (Å²) in [6.07, 6.45) is 0. The molecule has 0 bridgehead atoms. The van der Waals surface area contributed by atoms with Crippen molar-refractivity contribution in [2.75, 3.05) is 45.5 Å². The van der Waals surface area contributed by atoms with E-state index in [2.05, 4.69) is 15.9 Å². The fourth-order valence-corrected chi connectivity index (χ4v) is 2.35. The Morgan fingerprint density at radius 2 is 1.17 bits per heavy atom. The van der Waals surface area contributed by atoms with Crippen LogP contribution in [0, 0.1) is 0 Å². The molecule has 0 aliphatic rings. The third-order valence-corrected chi connectivity index (χ3v) is 3.69. The van der Waals surface area contributed by atoms with Crippen molar-refractivity contribution in [3.05, 3.63) is 48.5 Å². The minimum absolute atomic E-state index is 0.528. The zero-order valence-electron chi connectivity index (χ0n) is 13.9. The molecule has 4 nitrogen and oxygen atoms in total. The first-order valence-corrected chi connectivity index (χ1v) is 9.04. The minimum atomic E-state index is 0.528. The molecule has 0 atom stereocenters. The molecule has 2 aromatic carbocycles. The van der Waals surface area contributed by atoms with Crippen LogP contribution in [-0.2, 0) is 9.47 Å². The van der Waals surface area contributed by atoms with Gasteiger partial charge in [0.15, 0.2) is 0 Å². The van der Waals surface area contributed by atoms with Gasteiger partial charge in [-0.25, -0.2) is 0 Å². The van der Waals surface area contributed by atoms with Gasteiger partial charge in [0.2, 0.25) is 0 Å². The normalized spacial score (nSPS) is 10.6. The second kappa shape index (κ2) is 11.1. The van der Waals surface area contributed by atoms with E-state index in [1.807, 2.05) is 48.5 Å². The lowest BCUT2D eigenvalue weighted by atomic mass is 10.1. The van der Waals surface area contributed by atoms with Crippen LogP contribution in [0.1, 0.15) is 0 Å². The van der Waals surface area contributed by atoms with Crippen LogP contribution in [0.25, 0.3) is 11.1 Å². The first-order chi connectivity index (χ1) is 11.8. The summed E-state index contributed by atoms with van der Waals surface area (Å²) in [7, 11) is 1.67. The molecular formula is C19H23BrO4. The van der Waals surface area contributed by atoms with Crippen LogP contribution in [-0.4, -0.2) is 45.5 Å². The molecule has 0 saturated heterocycles. The van der Waals surface area contributed by atoms with Crippen molar-refractivity contribution >= 4 is 15.9 Å². The smallest absolute Gasteiger partial charge is 0.119 e. The van der Waals surface area contributed by atoms with Gasteiger partial charge in [-0.3, -0.25) is 0 Å². The molecule has 0 aliphatic heterocycles. The van der Waals surface area contributed by atoms with Crippen LogP contribution in [0.4, 0.5) is 0 Å². The molecule has 0 radical (unpaired) electrons. The molecule has 0 N–H and O–H groups in total. The number of alkyl halides is 1. The van der Waals surface area contributed by atoms with Crippen LogP contribution in [0.2, 0.25) is 0 Å². The molecule has 0 saturated carbocycles. The lowest BCUT2D eigenvalue weighted by Gasteiger charge is -2.09. The summed E-state index contributed by atoms with van der Waals surface area (Å²) < 4.78 is 21.6. The first-order valence-electron chi connectivity index (χ1n) is 7.92. The molecule has 24 heavy (non-hydrogen) atoms. The van der Waals surface area contributed by atoms with Gasteiger partial charge in [0.25, 0.3) is 0 Å². The van der Waals surface area contributed by atoms with Gasteiger partial charge in [-0.1, -0.05) is 40.2 Å². The topological polar surface area (TPSA) is 36.9 Å². The van der Waals surface area contributed by atoms with Crippen molar-refractivity contribution in [3.8, 4) is 22.6 Å². The third-order valence-electron chi connectivity index (χ3n) is 3.37. The van der Waals surface area contributed by atoms with Crippen molar-refractivity contribution in [2.24, 2.45) is 0 Å². The van der Waals surface area contributed by atoms with Crippen LogP contribution in [0.15, 0.2) is 48.5 Å². The quantitative estimate of drug-likeness (QED) is 0.423. The van der Waals surface area contributed by atoms with Gasteiger partial charge in [-0.2, -0.15) is 0 Å². The molecule has 0 fully saturated rings. The van der Waals surface area contributed by atoms with Crippen molar-refractivity contribution in [1.82, 2.24) is 0 Å². The molecule has 130 valence electrons. The summed E-state index contributed by atoms with van der Waals surface area (Å²) in [5.41, 5.74) is 2.29. The Kier molecular flexibility index (Phi) is 8.66. The van der Waals surface area contributed by atoms with E-state index in [4.69, 9.17) is 18.9 Å². The second-order valence-corrected chi connectivity index (χ2v) is 5.81. The largest absolute Gasteiger partial charge is 0.497 e. The number of halogens is 1. The van der Waals surface area contributed by atoms with Gasteiger partial charge in [0, 0.05) is 5.33 Å². The van der Waals surface area contributed by atoms with Gasteiger partial charge < -0.3 is 18.9 Å². The van der Waals surface area contributed by atoms with Crippen molar-refractivity contribution < 1.29 is 18.9 Å². The predicted octanol–water partition coefficient (Wildman–Crippen LogP) is 4.17. The maximum absolute atomic E-state index is 5.67. The van der Waals surface area contributed by atoms with E-state index < -0.39 is 0 Å². The van der Waals surface area contributed by atoms with E-state index in [9.17, 15) is 0 Å². The zero-order valence-corrected chi connectivity index (χ0v) is 15.5. The SMILES string of the molecule is COc1ccc(-c2ccc(OCCOCCOCCBr)cc2)cc1. The molecule has 0 amide bonds. The van der Waals surface area contributed by atoms with Gasteiger partial charge in [-0.05, 0) is 35.4 Å². The summed E-state index contributed by atoms with van der Waals surface area (Å²) in [5.74, 6) is 1.70. The molecule has 0 spiro atoms. The molecule has 2 aromatic rings. The van der Waals surface area contributed by atoms with E-state index in [1.165, 1.54) is 0 Å². The molecule has 0 heterocycles. The molecular weight excluding hydrogens is 372 g/mol. The molecule has 0 unspecified atom stereocenters. The number of hydrogen-bond donors (Lipinski definition) is 0. The zero-order chi connectivity index (χ0) is 17.0. The fourth-order valence-electron chi connectivity index (χ4n) is 2.12. The standard InChI is InChI=1S/C19H23BrO4/c1-21-18-6-2-16(3-7-18)17-4-8-19(9-5-17)24-15-14-23-13-12-22-11-10-20/h2-9H,10-15H2,1H3. The Balaban J connectivity index is 1.70. The number of methoxy groups -OCH3 is 1. The summed E-state index contributed by atoms with van der Waals surface area (Å²) in [6.45, 7) is 2.99. The van der Waals surface area contributed by atoms with Gasteiger partial charge >= 0.3 is 0 Å². The highest BCUT2D eigenvalue weighted by Crippen LogP contribution is 2.24. The van der Waals surface area contributed by atoms with Gasteiger partial charge in [0.1, 0.15) is 18.1 Å². The van der Waals surface area contributed by atoms with E-state index in [0.29, 0.717) is 33.0 Å². The Bertz CT molecular complexity index is 569. The van der Waals surface area contributed by atoms with Crippen LogP contribution in [0.3, 0.4) is 0 Å². The van der Waals surface area contributed by atoms with Gasteiger partial charge in [-0.15, -0.1) is 0 Å². The predicted molar refractivity (Wildman–Crippen MR) is 99.4 cm³/mol. The Hall–Kier alpha value is -1.56. The Morgan fingerprint density at radius 1 is 0.667 bits per heavy atom. The van der Waals surface area contributed by atoms with E-state index in [1.54, 1.807) is 7.11 Å². The monoisotopic (exact) mass is 394 g/mol. The lowest BCUT2D eigenvalue weighted by molar-refractivity contribution is 0.0414. The second-order valence-electron chi connectivity index (χ2n) is 5.02.